The number of nitrogens with zero attached hydrogens (tertiary/aromatic N) is 2. The molecule has 0 radical (unpaired) electrons. The van der Waals surface area contributed by atoms with Crippen molar-refractivity contribution < 1.29 is 18.1 Å². The van der Waals surface area contributed by atoms with Crippen LogP contribution in [0.4, 0.5) is 0 Å². The van der Waals surface area contributed by atoms with Gasteiger partial charge in [-0.25, -0.2) is 17.9 Å². The third kappa shape index (κ3) is 3.94. The molecule has 0 spiro atoms. The molecule has 1 aliphatic heterocycles. The van der Waals surface area contributed by atoms with E-state index < -0.39 is 21.3 Å². The van der Waals surface area contributed by atoms with E-state index in [1.54, 1.807) is 0 Å². The molecular formula is C14H25N4O5S+. The lowest BCUT2D eigenvalue weighted by atomic mass is 10.3. The average molecular weight is 361 g/mol. The van der Waals surface area contributed by atoms with Crippen LogP contribution in [0.5, 0.6) is 0 Å². The van der Waals surface area contributed by atoms with Crippen molar-refractivity contribution in [3.05, 3.63) is 26.5 Å². The highest BCUT2D eigenvalue weighted by atomic mass is 32.2. The first-order valence-corrected chi connectivity index (χ1v) is 9.41. The first-order valence-electron chi connectivity index (χ1n) is 7.93. The number of sulfonamides is 1. The Hall–Kier alpha value is -1.49. The normalized spacial score (nSPS) is 16.5. The van der Waals surface area contributed by atoms with Crippen LogP contribution in [-0.2, 0) is 28.9 Å². The zero-order valence-electron chi connectivity index (χ0n) is 14.3. The fourth-order valence-corrected chi connectivity index (χ4v) is 4.20. The average Bonchev–Trinajstić information content (AvgIpc) is 2.56. The van der Waals surface area contributed by atoms with Gasteiger partial charge in [0.1, 0.15) is 13.1 Å². The second-order valence-electron chi connectivity index (χ2n) is 5.98. The highest BCUT2D eigenvalue weighted by Crippen LogP contribution is 2.06. The Bertz CT molecular complexity index is 806. The zero-order chi connectivity index (χ0) is 17.9. The molecule has 0 unspecified atom stereocenters. The van der Waals surface area contributed by atoms with Gasteiger partial charge in [-0.2, -0.15) is 0 Å². The van der Waals surface area contributed by atoms with Gasteiger partial charge in [0.05, 0.1) is 19.8 Å². The molecule has 1 aliphatic rings. The van der Waals surface area contributed by atoms with Gasteiger partial charge in [-0.05, 0) is 6.92 Å². The second-order valence-corrected chi connectivity index (χ2v) is 7.69. The molecule has 0 aromatic carbocycles. The van der Waals surface area contributed by atoms with Gasteiger partial charge < -0.3 is 9.64 Å². The molecule has 24 heavy (non-hydrogen) atoms. The minimum Gasteiger partial charge on any atom is -0.370 e. The van der Waals surface area contributed by atoms with Crippen molar-refractivity contribution in [2.24, 2.45) is 14.1 Å². The van der Waals surface area contributed by atoms with E-state index in [0.717, 1.165) is 42.0 Å². The van der Waals surface area contributed by atoms with Gasteiger partial charge in [0.25, 0.3) is 5.56 Å². The standard InChI is InChI=1S/C14H24N4O5S/c1-11-12(13(19)17(3)14(20)16(11)2)24(21,22)15-5-4-6-18-7-9-23-10-8-18/h15H,4-10H2,1-3H3/p+1. The fraction of sp³-hybridized carbons (Fsp3) is 0.714. The number of ether oxygens (including phenoxy) is 1. The van der Waals surface area contributed by atoms with E-state index in [-0.39, 0.29) is 17.1 Å². The van der Waals surface area contributed by atoms with Crippen molar-refractivity contribution in [2.45, 2.75) is 18.2 Å². The van der Waals surface area contributed by atoms with Crippen molar-refractivity contribution in [1.29, 1.82) is 0 Å². The summed E-state index contributed by atoms with van der Waals surface area (Å²) in [6.07, 6.45) is 0.666. The van der Waals surface area contributed by atoms with E-state index in [9.17, 15) is 18.0 Å². The summed E-state index contributed by atoms with van der Waals surface area (Å²) in [5.74, 6) is 0. The van der Waals surface area contributed by atoms with E-state index in [1.807, 2.05) is 0 Å². The maximum atomic E-state index is 12.5. The zero-order valence-corrected chi connectivity index (χ0v) is 15.1. The van der Waals surface area contributed by atoms with Crippen LogP contribution >= 0.6 is 0 Å². The Morgan fingerprint density at radius 1 is 1.17 bits per heavy atom. The molecule has 0 amide bonds. The number of hydrogen-bond acceptors (Lipinski definition) is 5. The number of morpholine rings is 1. The molecule has 10 heteroatoms. The molecule has 0 aliphatic carbocycles. The summed E-state index contributed by atoms with van der Waals surface area (Å²) < 4.78 is 34.7. The fourth-order valence-electron chi connectivity index (χ4n) is 2.75. The number of rotatable bonds is 6. The maximum absolute atomic E-state index is 12.5. The molecule has 2 heterocycles. The van der Waals surface area contributed by atoms with E-state index in [0.29, 0.717) is 6.42 Å². The molecule has 1 saturated heterocycles. The largest absolute Gasteiger partial charge is 0.370 e. The summed E-state index contributed by atoms with van der Waals surface area (Å²) in [5.41, 5.74) is -1.22. The minimum atomic E-state index is -3.96. The summed E-state index contributed by atoms with van der Waals surface area (Å²) >= 11 is 0. The van der Waals surface area contributed by atoms with Crippen molar-refractivity contribution in [1.82, 2.24) is 13.9 Å². The van der Waals surface area contributed by atoms with Crippen LogP contribution in [0.2, 0.25) is 0 Å². The summed E-state index contributed by atoms with van der Waals surface area (Å²) in [6.45, 7) is 5.85. The van der Waals surface area contributed by atoms with Crippen LogP contribution in [0.3, 0.4) is 0 Å². The highest BCUT2D eigenvalue weighted by Gasteiger charge is 2.25. The Morgan fingerprint density at radius 2 is 1.79 bits per heavy atom. The number of quaternary nitrogens is 1. The molecule has 0 bridgehead atoms. The van der Waals surface area contributed by atoms with Gasteiger partial charge in [0.15, 0.2) is 4.90 Å². The van der Waals surface area contributed by atoms with E-state index >= 15 is 0 Å². The molecular weight excluding hydrogens is 336 g/mol. The van der Waals surface area contributed by atoms with E-state index in [1.165, 1.54) is 25.9 Å². The summed E-state index contributed by atoms with van der Waals surface area (Å²) in [4.78, 5) is 25.0. The van der Waals surface area contributed by atoms with Gasteiger partial charge in [0.2, 0.25) is 10.0 Å². The van der Waals surface area contributed by atoms with Gasteiger partial charge in [0, 0.05) is 32.8 Å². The third-order valence-electron chi connectivity index (χ3n) is 4.37. The highest BCUT2D eigenvalue weighted by molar-refractivity contribution is 7.89. The molecule has 0 atom stereocenters. The van der Waals surface area contributed by atoms with Crippen molar-refractivity contribution in [2.75, 3.05) is 39.4 Å². The van der Waals surface area contributed by atoms with E-state index in [4.69, 9.17) is 4.74 Å². The smallest absolute Gasteiger partial charge is 0.330 e. The molecule has 2 rings (SSSR count). The molecule has 0 saturated carbocycles. The van der Waals surface area contributed by atoms with Crippen molar-refractivity contribution in [3.63, 3.8) is 0 Å². The molecule has 1 aromatic heterocycles. The van der Waals surface area contributed by atoms with Crippen molar-refractivity contribution >= 4 is 10.0 Å². The van der Waals surface area contributed by atoms with E-state index in [2.05, 4.69) is 4.72 Å². The van der Waals surface area contributed by atoms with Crippen LogP contribution in [0.25, 0.3) is 0 Å². The maximum Gasteiger partial charge on any atom is 0.330 e. The Morgan fingerprint density at radius 3 is 2.42 bits per heavy atom. The van der Waals surface area contributed by atoms with Crippen molar-refractivity contribution in [3.8, 4) is 0 Å². The van der Waals surface area contributed by atoms with Crippen LogP contribution in [-0.4, -0.2) is 56.9 Å². The molecule has 1 aromatic rings. The van der Waals surface area contributed by atoms with Crippen LogP contribution in [0.15, 0.2) is 14.5 Å². The number of nitrogens with one attached hydrogen (secondary N) is 2. The SMILES string of the molecule is Cc1c(S(=O)(=O)NCCC[NH+]2CCOCC2)c(=O)n(C)c(=O)n1C. The topological polar surface area (TPSA) is 104 Å². The predicted octanol–water partition coefficient (Wildman–Crippen LogP) is -3.02. The monoisotopic (exact) mass is 361 g/mol. The number of aromatic nitrogens is 2. The summed E-state index contributed by atoms with van der Waals surface area (Å²) in [7, 11) is -1.25. The van der Waals surface area contributed by atoms with Crippen LogP contribution < -0.4 is 20.9 Å². The van der Waals surface area contributed by atoms with Gasteiger partial charge in [-0.15, -0.1) is 0 Å². The lowest BCUT2D eigenvalue weighted by molar-refractivity contribution is -0.908. The lowest BCUT2D eigenvalue weighted by Gasteiger charge is -2.23. The molecule has 1 fully saturated rings. The first-order chi connectivity index (χ1) is 11.3. The Balaban J connectivity index is 2.08. The molecule has 9 nitrogen and oxygen atoms in total. The van der Waals surface area contributed by atoms with Gasteiger partial charge >= 0.3 is 5.69 Å². The third-order valence-corrected chi connectivity index (χ3v) is 5.96. The summed E-state index contributed by atoms with van der Waals surface area (Å²) in [5, 5.41) is 0. The van der Waals surface area contributed by atoms with Gasteiger partial charge in [-0.3, -0.25) is 13.9 Å². The second kappa shape index (κ2) is 7.60. The lowest BCUT2D eigenvalue weighted by Crippen LogP contribution is -3.14. The molecule has 136 valence electrons. The summed E-state index contributed by atoms with van der Waals surface area (Å²) in [6, 6.07) is 0. The molecule has 2 N–H and O–H groups in total. The first kappa shape index (κ1) is 18.8. The minimum absolute atomic E-state index is 0.134. The Kier molecular flexibility index (Phi) is 5.97. The Labute approximate surface area is 140 Å². The van der Waals surface area contributed by atoms with Crippen LogP contribution in [0.1, 0.15) is 12.1 Å². The quantitative estimate of drug-likeness (QED) is 0.525. The predicted molar refractivity (Wildman–Crippen MR) is 87.8 cm³/mol. The number of hydrogen-bond donors (Lipinski definition) is 2. The van der Waals surface area contributed by atoms with Gasteiger partial charge in [-0.1, -0.05) is 0 Å². The van der Waals surface area contributed by atoms with Crippen LogP contribution in [0, 0.1) is 6.92 Å².